The van der Waals surface area contributed by atoms with Crippen LogP contribution in [0.2, 0.25) is 0 Å². The molecule has 1 atom stereocenters. The molecule has 6 rings (SSSR count). The second kappa shape index (κ2) is 13.5. The lowest BCUT2D eigenvalue weighted by molar-refractivity contribution is 0.142. The van der Waals surface area contributed by atoms with Crippen LogP contribution in [0.5, 0.6) is 0 Å². The average Bonchev–Trinajstić information content (AvgIpc) is 3.60. The van der Waals surface area contributed by atoms with Crippen molar-refractivity contribution in [2.75, 3.05) is 19.6 Å². The number of hydrogen-bond donors (Lipinski definition) is 2. The number of aromatic nitrogens is 1. The number of nitrogens with one attached hydrogen (secondary N) is 1. The fourth-order valence-electron chi connectivity index (χ4n) is 6.87. The fraction of sp³-hybridized carbons (Fsp3) is 0.275. The maximum absolute atomic E-state index is 14.9. The highest BCUT2D eigenvalue weighted by molar-refractivity contribution is 5.79. The van der Waals surface area contributed by atoms with Gasteiger partial charge >= 0.3 is 6.09 Å². The van der Waals surface area contributed by atoms with Crippen molar-refractivity contribution >= 4 is 6.09 Å². The quantitative estimate of drug-likeness (QED) is 0.143. The van der Waals surface area contributed by atoms with Crippen LogP contribution in [0.1, 0.15) is 61.5 Å². The molecule has 0 fully saturated rings. The zero-order chi connectivity index (χ0) is 33.1. The van der Waals surface area contributed by atoms with Crippen LogP contribution in [-0.4, -0.2) is 40.3 Å². The van der Waals surface area contributed by atoms with Gasteiger partial charge in [0.15, 0.2) is 0 Å². The lowest BCUT2D eigenvalue weighted by atomic mass is 9.84. The standard InChI is InChI=1S/C40H41F2N3O2/c1-40(2,3)38(37-22-28(34-23-29(41)18-19-36(34)42)25-45(37)24-27-12-5-4-6-13-27)43-20-11-21-44(39(46)47)26-35-32-16-9-7-14-30(32)31-15-8-10-17-33(31)35/h4-10,12-19,22-23,25,35,38,43H,11,20-21,24,26H2,1-3H3,(H,46,47). The molecule has 1 heterocycles. The summed E-state index contributed by atoms with van der Waals surface area (Å²) in [7, 11) is 0. The molecule has 5 aromatic rings. The molecular weight excluding hydrogens is 592 g/mol. The summed E-state index contributed by atoms with van der Waals surface area (Å²) in [6, 6.07) is 31.9. The summed E-state index contributed by atoms with van der Waals surface area (Å²) in [6.07, 6.45) is 1.57. The van der Waals surface area contributed by atoms with Gasteiger partial charge in [0.05, 0.1) is 6.04 Å². The number of hydrogen-bond acceptors (Lipinski definition) is 2. The average molecular weight is 634 g/mol. The predicted molar refractivity (Wildman–Crippen MR) is 183 cm³/mol. The molecule has 7 heteroatoms. The highest BCUT2D eigenvalue weighted by atomic mass is 19.1. The molecule has 1 aliphatic carbocycles. The van der Waals surface area contributed by atoms with Crippen LogP contribution in [0.25, 0.3) is 22.3 Å². The minimum Gasteiger partial charge on any atom is -0.465 e. The van der Waals surface area contributed by atoms with Crippen molar-refractivity contribution in [2.45, 2.75) is 45.7 Å². The van der Waals surface area contributed by atoms with E-state index in [0.717, 1.165) is 34.5 Å². The Kier molecular flexibility index (Phi) is 9.28. The summed E-state index contributed by atoms with van der Waals surface area (Å²) < 4.78 is 31.2. The van der Waals surface area contributed by atoms with Crippen LogP contribution in [0.4, 0.5) is 13.6 Å². The van der Waals surface area contributed by atoms with Gasteiger partial charge in [-0.05, 0) is 70.5 Å². The summed E-state index contributed by atoms with van der Waals surface area (Å²) in [6.45, 7) is 8.34. The highest BCUT2D eigenvalue weighted by Crippen LogP contribution is 2.45. The molecule has 0 saturated heterocycles. The van der Waals surface area contributed by atoms with E-state index in [-0.39, 0.29) is 22.9 Å². The van der Waals surface area contributed by atoms with Crippen LogP contribution < -0.4 is 5.32 Å². The Labute approximate surface area is 275 Å². The molecule has 47 heavy (non-hydrogen) atoms. The van der Waals surface area contributed by atoms with E-state index in [9.17, 15) is 18.7 Å². The smallest absolute Gasteiger partial charge is 0.407 e. The van der Waals surface area contributed by atoms with Crippen molar-refractivity contribution in [3.8, 4) is 22.3 Å². The second-order valence-electron chi connectivity index (χ2n) is 13.5. The van der Waals surface area contributed by atoms with E-state index in [1.54, 1.807) is 0 Å². The lowest BCUT2D eigenvalue weighted by Gasteiger charge is -2.33. The first-order chi connectivity index (χ1) is 22.6. The molecule has 242 valence electrons. The zero-order valence-corrected chi connectivity index (χ0v) is 27.1. The molecular formula is C40H41F2N3O2. The van der Waals surface area contributed by atoms with Gasteiger partial charge in [0, 0.05) is 48.6 Å². The third-order valence-electron chi connectivity index (χ3n) is 9.12. The molecule has 1 unspecified atom stereocenters. The molecule has 0 spiro atoms. The van der Waals surface area contributed by atoms with E-state index in [1.165, 1.54) is 22.1 Å². The summed E-state index contributed by atoms with van der Waals surface area (Å²) >= 11 is 0. The number of fused-ring (bicyclic) bond motifs is 3. The first-order valence-electron chi connectivity index (χ1n) is 16.2. The van der Waals surface area contributed by atoms with Crippen LogP contribution >= 0.6 is 0 Å². The maximum atomic E-state index is 14.9. The van der Waals surface area contributed by atoms with Crippen molar-refractivity contribution < 1.29 is 18.7 Å². The van der Waals surface area contributed by atoms with E-state index >= 15 is 0 Å². The van der Waals surface area contributed by atoms with Crippen molar-refractivity contribution in [3.05, 3.63) is 143 Å². The van der Waals surface area contributed by atoms with Crippen molar-refractivity contribution in [2.24, 2.45) is 5.41 Å². The maximum Gasteiger partial charge on any atom is 0.407 e. The van der Waals surface area contributed by atoms with E-state index in [0.29, 0.717) is 38.2 Å². The Morgan fingerprint density at radius 1 is 0.872 bits per heavy atom. The Morgan fingerprint density at radius 3 is 2.15 bits per heavy atom. The largest absolute Gasteiger partial charge is 0.465 e. The number of carbonyl (C=O) groups is 1. The molecule has 1 aromatic heterocycles. The first kappa shape index (κ1) is 32.2. The molecule has 0 aliphatic heterocycles. The summed E-state index contributed by atoms with van der Waals surface area (Å²) in [5.74, 6) is -0.982. The third-order valence-corrected chi connectivity index (χ3v) is 9.12. The van der Waals surface area contributed by atoms with Gasteiger partial charge in [-0.25, -0.2) is 13.6 Å². The Morgan fingerprint density at radius 2 is 1.51 bits per heavy atom. The van der Waals surface area contributed by atoms with Gasteiger partial charge in [0.1, 0.15) is 11.6 Å². The fourth-order valence-corrected chi connectivity index (χ4v) is 6.87. The summed E-state index contributed by atoms with van der Waals surface area (Å²) in [5, 5.41) is 13.9. The van der Waals surface area contributed by atoms with Crippen molar-refractivity contribution in [1.29, 1.82) is 0 Å². The number of rotatable bonds is 11. The number of amides is 1. The minimum absolute atomic E-state index is 0.0170. The molecule has 1 aliphatic rings. The van der Waals surface area contributed by atoms with Crippen LogP contribution in [0, 0.1) is 17.0 Å². The lowest BCUT2D eigenvalue weighted by Crippen LogP contribution is -2.38. The molecule has 4 aromatic carbocycles. The molecule has 5 nitrogen and oxygen atoms in total. The number of carboxylic acid groups (broad SMARTS) is 1. The van der Waals surface area contributed by atoms with Gasteiger partial charge in [-0.2, -0.15) is 0 Å². The van der Waals surface area contributed by atoms with E-state index in [2.05, 4.69) is 54.9 Å². The van der Waals surface area contributed by atoms with Crippen molar-refractivity contribution in [3.63, 3.8) is 0 Å². The molecule has 2 N–H and O–H groups in total. The normalized spacial score (nSPS) is 13.3. The SMILES string of the molecule is CC(C)(C)C(NCCCN(CC1c2ccccc2-c2ccccc21)C(=O)O)c1cc(-c2cc(F)ccc2F)cn1Cc1ccccc1. The van der Waals surface area contributed by atoms with E-state index < -0.39 is 17.7 Å². The number of nitrogens with zero attached hydrogens (tertiary/aromatic N) is 2. The van der Waals surface area contributed by atoms with Gasteiger partial charge in [-0.1, -0.05) is 99.6 Å². The number of halogens is 2. The topological polar surface area (TPSA) is 57.5 Å². The van der Waals surface area contributed by atoms with Gasteiger partial charge in [-0.15, -0.1) is 0 Å². The molecule has 0 saturated carbocycles. The predicted octanol–water partition coefficient (Wildman–Crippen LogP) is 9.34. The van der Waals surface area contributed by atoms with Crippen LogP contribution in [0.3, 0.4) is 0 Å². The van der Waals surface area contributed by atoms with Gasteiger partial charge < -0.3 is 19.9 Å². The Balaban J connectivity index is 1.21. The zero-order valence-electron chi connectivity index (χ0n) is 27.1. The monoisotopic (exact) mass is 633 g/mol. The first-order valence-corrected chi connectivity index (χ1v) is 16.2. The molecule has 1 amide bonds. The highest BCUT2D eigenvalue weighted by Gasteiger charge is 2.32. The Hall–Kier alpha value is -4.75. The van der Waals surface area contributed by atoms with Gasteiger partial charge in [0.25, 0.3) is 0 Å². The van der Waals surface area contributed by atoms with Gasteiger partial charge in [-0.3, -0.25) is 0 Å². The van der Waals surface area contributed by atoms with E-state index in [1.807, 2.05) is 66.9 Å². The summed E-state index contributed by atoms with van der Waals surface area (Å²) in [5.41, 5.74) is 7.30. The number of benzene rings is 4. The van der Waals surface area contributed by atoms with Gasteiger partial charge in [0.2, 0.25) is 0 Å². The molecule has 0 radical (unpaired) electrons. The van der Waals surface area contributed by atoms with Crippen LogP contribution in [0.15, 0.2) is 109 Å². The molecule has 0 bridgehead atoms. The second-order valence-corrected chi connectivity index (χ2v) is 13.5. The van der Waals surface area contributed by atoms with Crippen LogP contribution in [-0.2, 0) is 6.54 Å². The summed E-state index contributed by atoms with van der Waals surface area (Å²) in [4.78, 5) is 14.0. The Bertz CT molecular complexity index is 1820. The van der Waals surface area contributed by atoms with Crippen molar-refractivity contribution in [1.82, 2.24) is 14.8 Å². The third kappa shape index (κ3) is 7.00. The minimum atomic E-state index is -0.933. The van der Waals surface area contributed by atoms with E-state index in [4.69, 9.17) is 0 Å².